The van der Waals surface area contributed by atoms with Gasteiger partial charge < -0.3 is 10.6 Å². The van der Waals surface area contributed by atoms with E-state index in [1.54, 1.807) is 36.1 Å². The van der Waals surface area contributed by atoms with E-state index in [1.165, 1.54) is 18.2 Å². The summed E-state index contributed by atoms with van der Waals surface area (Å²) in [5.74, 6) is -1.78. The average molecular weight is 350 g/mol. The monoisotopic (exact) mass is 350 g/mol. The number of anilines is 1. The minimum atomic E-state index is -3.52. The molecule has 0 aliphatic heterocycles. The van der Waals surface area contributed by atoms with Crippen LogP contribution >= 0.6 is 0 Å². The number of para-hydroxylation sites is 1. The van der Waals surface area contributed by atoms with Crippen molar-refractivity contribution in [1.82, 2.24) is 15.1 Å². The highest BCUT2D eigenvalue weighted by Gasteiger charge is 2.20. The molecular weight excluding hydrogens is 332 g/mol. The third kappa shape index (κ3) is 4.66. The van der Waals surface area contributed by atoms with E-state index in [4.69, 9.17) is 0 Å². The number of hydrogen-bond acceptors (Lipinski definition) is 5. The molecule has 0 unspecified atom stereocenters. The third-order valence-electron chi connectivity index (χ3n) is 3.14. The molecule has 2 N–H and O–H groups in total. The molecule has 0 saturated carbocycles. The Morgan fingerprint density at radius 3 is 2.54 bits per heavy atom. The van der Waals surface area contributed by atoms with Crippen molar-refractivity contribution in [2.24, 2.45) is 0 Å². The van der Waals surface area contributed by atoms with Crippen LogP contribution in [0.4, 0.5) is 5.69 Å². The quantitative estimate of drug-likeness (QED) is 0.760. The summed E-state index contributed by atoms with van der Waals surface area (Å²) in [5, 5.41) is 8.88. The minimum absolute atomic E-state index is 0.0456. The number of benzene rings is 1. The van der Waals surface area contributed by atoms with Gasteiger partial charge in [0.05, 0.1) is 17.1 Å². The van der Waals surface area contributed by atoms with E-state index >= 15 is 0 Å². The Bertz CT molecular complexity index is 831. The summed E-state index contributed by atoms with van der Waals surface area (Å²) in [7, 11) is -3.52. The second-order valence-corrected chi connectivity index (χ2v) is 7.31. The van der Waals surface area contributed by atoms with Gasteiger partial charge >= 0.3 is 11.8 Å². The number of hydrogen-bond donors (Lipinski definition) is 2. The first kappa shape index (κ1) is 17.7. The maximum atomic E-state index is 12.0. The predicted octanol–water partition coefficient (Wildman–Crippen LogP) is 0.430. The van der Waals surface area contributed by atoms with Crippen LogP contribution in [0.1, 0.15) is 6.92 Å². The van der Waals surface area contributed by atoms with Crippen LogP contribution in [0, 0.1) is 0 Å². The summed E-state index contributed by atoms with van der Waals surface area (Å²) in [5.41, 5.74) is 0.0693. The second kappa shape index (κ2) is 7.26. The van der Waals surface area contributed by atoms with E-state index in [9.17, 15) is 18.0 Å². The number of carbonyl (C=O) groups excluding carboxylic acids is 2. The van der Waals surface area contributed by atoms with E-state index in [0.29, 0.717) is 6.54 Å². The normalized spacial score (nSPS) is 12.4. The van der Waals surface area contributed by atoms with E-state index in [2.05, 4.69) is 15.7 Å². The Morgan fingerprint density at radius 1 is 1.21 bits per heavy atom. The Labute approximate surface area is 139 Å². The molecule has 9 heteroatoms. The zero-order chi connectivity index (χ0) is 17.7. The van der Waals surface area contributed by atoms with Crippen molar-refractivity contribution in [1.29, 1.82) is 0 Å². The number of nitrogens with zero attached hydrogens (tertiary/aromatic N) is 2. The second-order valence-electron chi connectivity index (χ2n) is 5.33. The van der Waals surface area contributed by atoms with Crippen LogP contribution in [0.2, 0.25) is 0 Å². The molecule has 0 spiro atoms. The fourth-order valence-electron chi connectivity index (χ4n) is 2.10. The maximum Gasteiger partial charge on any atom is 0.313 e. The Hall–Kier alpha value is -2.68. The minimum Gasteiger partial charge on any atom is -0.344 e. The number of rotatable bonds is 5. The highest BCUT2D eigenvalue weighted by Crippen LogP contribution is 2.20. The van der Waals surface area contributed by atoms with Gasteiger partial charge in [-0.1, -0.05) is 12.1 Å². The molecule has 128 valence electrons. The molecule has 2 aromatic rings. The van der Waals surface area contributed by atoms with Crippen molar-refractivity contribution >= 4 is 27.3 Å². The molecule has 1 aromatic heterocycles. The number of carbonyl (C=O) groups is 2. The molecule has 0 fully saturated rings. The highest BCUT2D eigenvalue weighted by atomic mass is 32.2. The molecule has 0 bridgehead atoms. The van der Waals surface area contributed by atoms with E-state index in [0.717, 1.165) is 6.26 Å². The summed E-state index contributed by atoms with van der Waals surface area (Å²) < 4.78 is 25.0. The maximum absolute atomic E-state index is 12.0. The summed E-state index contributed by atoms with van der Waals surface area (Å²) in [4.78, 5) is 23.9. The van der Waals surface area contributed by atoms with Gasteiger partial charge in [0.2, 0.25) is 0 Å². The Kier molecular flexibility index (Phi) is 5.35. The van der Waals surface area contributed by atoms with Crippen LogP contribution in [0.5, 0.6) is 0 Å². The summed E-state index contributed by atoms with van der Waals surface area (Å²) >= 11 is 0. The van der Waals surface area contributed by atoms with Gasteiger partial charge in [-0.05, 0) is 25.1 Å². The van der Waals surface area contributed by atoms with Crippen molar-refractivity contribution in [3.63, 3.8) is 0 Å². The smallest absolute Gasteiger partial charge is 0.313 e. The first-order valence-corrected chi connectivity index (χ1v) is 9.05. The van der Waals surface area contributed by atoms with Crippen LogP contribution < -0.4 is 10.6 Å². The average Bonchev–Trinajstić information content (AvgIpc) is 2.99. The van der Waals surface area contributed by atoms with Crippen LogP contribution in [0.15, 0.2) is 47.6 Å². The SMILES string of the molecule is C[C@@H](Cn1cccn1)NC(=O)C(=O)Nc1ccccc1S(C)(=O)=O. The first-order valence-electron chi connectivity index (χ1n) is 7.15. The Balaban J connectivity index is 2.01. The zero-order valence-corrected chi connectivity index (χ0v) is 14.1. The van der Waals surface area contributed by atoms with E-state index in [1.807, 2.05) is 0 Å². The van der Waals surface area contributed by atoms with Gasteiger partial charge in [0.1, 0.15) is 0 Å². The lowest BCUT2D eigenvalue weighted by Gasteiger charge is -2.14. The molecule has 2 rings (SSSR count). The van der Waals surface area contributed by atoms with Crippen LogP contribution in [-0.4, -0.2) is 42.3 Å². The fraction of sp³-hybridized carbons (Fsp3) is 0.267. The number of sulfone groups is 1. The number of aromatic nitrogens is 2. The molecule has 2 amide bonds. The molecule has 1 heterocycles. The van der Waals surface area contributed by atoms with Crippen LogP contribution in [0.3, 0.4) is 0 Å². The molecule has 1 aromatic carbocycles. The first-order chi connectivity index (χ1) is 11.3. The van der Waals surface area contributed by atoms with Crippen molar-refractivity contribution in [3.05, 3.63) is 42.7 Å². The molecule has 8 nitrogen and oxygen atoms in total. The molecule has 0 aliphatic rings. The molecular formula is C15H18N4O4S. The van der Waals surface area contributed by atoms with E-state index < -0.39 is 21.7 Å². The lowest BCUT2D eigenvalue weighted by atomic mass is 10.3. The third-order valence-corrected chi connectivity index (χ3v) is 4.29. The van der Waals surface area contributed by atoms with Crippen molar-refractivity contribution < 1.29 is 18.0 Å². The molecule has 0 radical (unpaired) electrons. The zero-order valence-electron chi connectivity index (χ0n) is 13.3. The van der Waals surface area contributed by atoms with Gasteiger partial charge in [-0.3, -0.25) is 14.3 Å². The Morgan fingerprint density at radius 2 is 1.92 bits per heavy atom. The lowest BCUT2D eigenvalue weighted by molar-refractivity contribution is -0.136. The molecule has 0 aliphatic carbocycles. The standard InChI is InChI=1S/C15H18N4O4S/c1-11(10-19-9-5-8-16-19)17-14(20)15(21)18-12-6-3-4-7-13(12)24(2,22)23/h3-9,11H,10H2,1-2H3,(H,17,20)(H,18,21)/t11-/m0/s1. The topological polar surface area (TPSA) is 110 Å². The van der Waals surface area contributed by atoms with Gasteiger partial charge in [-0.15, -0.1) is 0 Å². The van der Waals surface area contributed by atoms with Gasteiger partial charge in [-0.2, -0.15) is 5.10 Å². The van der Waals surface area contributed by atoms with Crippen LogP contribution in [-0.2, 0) is 26.0 Å². The van der Waals surface area contributed by atoms with Gasteiger partial charge in [0.25, 0.3) is 0 Å². The van der Waals surface area contributed by atoms with Gasteiger partial charge in [0.15, 0.2) is 9.84 Å². The van der Waals surface area contributed by atoms with Gasteiger partial charge in [0, 0.05) is 24.7 Å². The van der Waals surface area contributed by atoms with Crippen molar-refractivity contribution in [2.75, 3.05) is 11.6 Å². The molecule has 1 atom stereocenters. The predicted molar refractivity (Wildman–Crippen MR) is 88.0 cm³/mol. The lowest BCUT2D eigenvalue weighted by Crippen LogP contribution is -2.42. The highest BCUT2D eigenvalue weighted by molar-refractivity contribution is 7.90. The fourth-order valence-corrected chi connectivity index (χ4v) is 2.94. The number of nitrogens with one attached hydrogen (secondary N) is 2. The molecule has 24 heavy (non-hydrogen) atoms. The van der Waals surface area contributed by atoms with Gasteiger partial charge in [-0.25, -0.2) is 8.42 Å². The summed E-state index contributed by atoms with van der Waals surface area (Å²) in [6, 6.07) is 7.33. The molecule has 0 saturated heterocycles. The van der Waals surface area contributed by atoms with Crippen molar-refractivity contribution in [3.8, 4) is 0 Å². The van der Waals surface area contributed by atoms with E-state index in [-0.39, 0.29) is 16.6 Å². The summed E-state index contributed by atoms with van der Waals surface area (Å²) in [6.07, 6.45) is 4.39. The summed E-state index contributed by atoms with van der Waals surface area (Å²) in [6.45, 7) is 2.14. The number of amides is 2. The largest absolute Gasteiger partial charge is 0.344 e. The van der Waals surface area contributed by atoms with Crippen LogP contribution in [0.25, 0.3) is 0 Å². The van der Waals surface area contributed by atoms with Crippen molar-refractivity contribution in [2.45, 2.75) is 24.4 Å².